The molecule has 3 nitrogen and oxygen atoms in total. The molecule has 0 unspecified atom stereocenters. The van der Waals surface area contributed by atoms with E-state index in [1.165, 1.54) is 0 Å². The van der Waals surface area contributed by atoms with E-state index in [1.54, 1.807) is 0 Å². The van der Waals surface area contributed by atoms with Gasteiger partial charge in [-0.2, -0.15) is 0 Å². The smallest absolute Gasteiger partial charge is 0.306 e. The molecule has 0 saturated heterocycles. The van der Waals surface area contributed by atoms with Crippen LogP contribution in [0, 0.1) is 29.3 Å². The molecule has 0 aliphatic heterocycles. The summed E-state index contributed by atoms with van der Waals surface area (Å²) in [4.78, 5) is 10.8. The SMILES string of the molecule is O=C(O)C1CCC(CNCc2cc(F)c(F)cc2F)CC1. The number of carboxylic acids is 1. The predicted octanol–water partition coefficient (Wildman–Crippen LogP) is 3.08. The van der Waals surface area contributed by atoms with E-state index >= 15 is 0 Å². The summed E-state index contributed by atoms with van der Waals surface area (Å²) >= 11 is 0. The molecule has 116 valence electrons. The fourth-order valence-electron chi connectivity index (χ4n) is 2.72. The van der Waals surface area contributed by atoms with E-state index in [2.05, 4.69) is 5.32 Å². The van der Waals surface area contributed by atoms with E-state index in [9.17, 15) is 18.0 Å². The molecule has 0 radical (unpaired) electrons. The molecule has 2 N–H and O–H groups in total. The van der Waals surface area contributed by atoms with E-state index in [0.29, 0.717) is 31.4 Å². The summed E-state index contributed by atoms with van der Waals surface area (Å²) in [6, 6.07) is 1.41. The van der Waals surface area contributed by atoms with Crippen LogP contribution in [0.5, 0.6) is 0 Å². The molecule has 0 bridgehead atoms. The van der Waals surface area contributed by atoms with Crippen molar-refractivity contribution in [2.45, 2.75) is 32.2 Å². The molecule has 0 amide bonds. The molecule has 1 saturated carbocycles. The summed E-state index contributed by atoms with van der Waals surface area (Å²) in [6.07, 6.45) is 2.93. The second-order valence-electron chi connectivity index (χ2n) is 5.54. The maximum Gasteiger partial charge on any atom is 0.306 e. The number of carbonyl (C=O) groups is 1. The van der Waals surface area contributed by atoms with Crippen molar-refractivity contribution in [3.05, 3.63) is 35.1 Å². The average Bonchev–Trinajstić information content (AvgIpc) is 2.45. The van der Waals surface area contributed by atoms with Crippen LogP contribution in [0.15, 0.2) is 12.1 Å². The van der Waals surface area contributed by atoms with Crippen molar-refractivity contribution in [3.8, 4) is 0 Å². The molecule has 6 heteroatoms. The minimum atomic E-state index is -1.19. The van der Waals surface area contributed by atoms with Gasteiger partial charge in [0.05, 0.1) is 5.92 Å². The number of hydrogen-bond donors (Lipinski definition) is 2. The van der Waals surface area contributed by atoms with Gasteiger partial charge in [-0.05, 0) is 44.2 Å². The number of hydrogen-bond acceptors (Lipinski definition) is 2. The van der Waals surface area contributed by atoms with Crippen LogP contribution in [0.3, 0.4) is 0 Å². The van der Waals surface area contributed by atoms with Gasteiger partial charge >= 0.3 is 5.97 Å². The number of carboxylic acid groups (broad SMARTS) is 1. The molecular weight excluding hydrogens is 283 g/mol. The zero-order valence-electron chi connectivity index (χ0n) is 11.5. The standard InChI is InChI=1S/C15H18F3NO2/c16-12-6-14(18)13(17)5-11(12)8-19-7-9-1-3-10(4-2-9)15(20)21/h5-6,9-10,19H,1-4,7-8H2,(H,20,21). The second-order valence-corrected chi connectivity index (χ2v) is 5.54. The van der Waals surface area contributed by atoms with Crippen molar-refractivity contribution in [2.75, 3.05) is 6.54 Å². The van der Waals surface area contributed by atoms with E-state index in [-0.39, 0.29) is 18.0 Å². The van der Waals surface area contributed by atoms with Crippen LogP contribution in [0.25, 0.3) is 0 Å². The number of benzene rings is 1. The number of halogens is 3. The summed E-state index contributed by atoms with van der Waals surface area (Å²) in [5.41, 5.74) is 0.0909. The fraction of sp³-hybridized carbons (Fsp3) is 0.533. The maximum absolute atomic E-state index is 13.4. The molecule has 1 aromatic carbocycles. The number of aliphatic carboxylic acids is 1. The van der Waals surface area contributed by atoms with Crippen molar-refractivity contribution in [3.63, 3.8) is 0 Å². The quantitative estimate of drug-likeness (QED) is 0.822. The highest BCUT2D eigenvalue weighted by molar-refractivity contribution is 5.69. The van der Waals surface area contributed by atoms with Crippen LogP contribution in [0.1, 0.15) is 31.2 Å². The van der Waals surface area contributed by atoms with Gasteiger partial charge in [0, 0.05) is 18.2 Å². The monoisotopic (exact) mass is 301 g/mol. The van der Waals surface area contributed by atoms with E-state index in [1.807, 2.05) is 0 Å². The Morgan fingerprint density at radius 2 is 1.71 bits per heavy atom. The lowest BCUT2D eigenvalue weighted by atomic mass is 9.82. The Labute approximate surface area is 121 Å². The van der Waals surface area contributed by atoms with Gasteiger partial charge in [0.2, 0.25) is 0 Å². The zero-order valence-corrected chi connectivity index (χ0v) is 11.5. The third kappa shape index (κ3) is 4.20. The van der Waals surface area contributed by atoms with Crippen LogP contribution in [0.2, 0.25) is 0 Å². The molecule has 0 heterocycles. The predicted molar refractivity (Wildman–Crippen MR) is 71.1 cm³/mol. The first kappa shape index (κ1) is 15.8. The first-order valence-electron chi connectivity index (χ1n) is 7.04. The Morgan fingerprint density at radius 3 is 2.33 bits per heavy atom. The summed E-state index contributed by atoms with van der Waals surface area (Å²) in [5, 5.41) is 11.9. The summed E-state index contributed by atoms with van der Waals surface area (Å²) in [5.74, 6) is -3.68. The highest BCUT2D eigenvalue weighted by Gasteiger charge is 2.25. The second kappa shape index (κ2) is 6.93. The molecule has 1 aliphatic rings. The van der Waals surface area contributed by atoms with Gasteiger partial charge in [0.25, 0.3) is 0 Å². The molecule has 21 heavy (non-hydrogen) atoms. The van der Waals surface area contributed by atoms with Crippen LogP contribution in [0.4, 0.5) is 13.2 Å². The van der Waals surface area contributed by atoms with Crippen molar-refractivity contribution >= 4 is 5.97 Å². The van der Waals surface area contributed by atoms with Gasteiger partial charge in [-0.15, -0.1) is 0 Å². The Balaban J connectivity index is 1.78. The Hall–Kier alpha value is -1.56. The molecule has 1 aromatic rings. The Kier molecular flexibility index (Phi) is 5.22. The molecule has 2 rings (SSSR count). The van der Waals surface area contributed by atoms with Gasteiger partial charge in [0.15, 0.2) is 11.6 Å². The van der Waals surface area contributed by atoms with Crippen LogP contribution in [-0.4, -0.2) is 17.6 Å². The van der Waals surface area contributed by atoms with E-state index < -0.39 is 23.4 Å². The molecule has 1 fully saturated rings. The summed E-state index contributed by atoms with van der Waals surface area (Å²) < 4.78 is 39.3. The minimum absolute atomic E-state index is 0.0909. The van der Waals surface area contributed by atoms with Crippen LogP contribution in [-0.2, 0) is 11.3 Å². The van der Waals surface area contributed by atoms with Crippen molar-refractivity contribution in [2.24, 2.45) is 11.8 Å². The topological polar surface area (TPSA) is 49.3 Å². The maximum atomic E-state index is 13.4. The van der Waals surface area contributed by atoms with Gasteiger partial charge in [-0.25, -0.2) is 13.2 Å². The zero-order chi connectivity index (χ0) is 15.4. The van der Waals surface area contributed by atoms with Gasteiger partial charge in [0.1, 0.15) is 5.82 Å². The lowest BCUT2D eigenvalue weighted by molar-refractivity contribution is -0.143. The van der Waals surface area contributed by atoms with Gasteiger partial charge in [-0.1, -0.05) is 0 Å². The van der Waals surface area contributed by atoms with Crippen molar-refractivity contribution < 1.29 is 23.1 Å². The first-order chi connectivity index (χ1) is 9.97. The average molecular weight is 301 g/mol. The van der Waals surface area contributed by atoms with Crippen LogP contribution < -0.4 is 5.32 Å². The summed E-state index contributed by atoms with van der Waals surface area (Å²) in [6.45, 7) is 0.743. The Morgan fingerprint density at radius 1 is 1.10 bits per heavy atom. The lowest BCUT2D eigenvalue weighted by Gasteiger charge is -2.26. The van der Waals surface area contributed by atoms with E-state index in [4.69, 9.17) is 5.11 Å². The molecule has 1 aliphatic carbocycles. The molecule has 0 spiro atoms. The lowest BCUT2D eigenvalue weighted by Crippen LogP contribution is -2.28. The fourth-order valence-corrected chi connectivity index (χ4v) is 2.72. The van der Waals surface area contributed by atoms with Crippen molar-refractivity contribution in [1.82, 2.24) is 5.32 Å². The van der Waals surface area contributed by atoms with Crippen molar-refractivity contribution in [1.29, 1.82) is 0 Å². The molecule has 0 aromatic heterocycles. The van der Waals surface area contributed by atoms with Gasteiger partial charge < -0.3 is 10.4 Å². The minimum Gasteiger partial charge on any atom is -0.481 e. The highest BCUT2D eigenvalue weighted by Crippen LogP contribution is 2.28. The number of rotatable bonds is 5. The summed E-state index contributed by atoms with van der Waals surface area (Å²) in [7, 11) is 0. The van der Waals surface area contributed by atoms with Crippen LogP contribution >= 0.6 is 0 Å². The Bertz CT molecular complexity index is 514. The third-order valence-electron chi connectivity index (χ3n) is 4.03. The first-order valence-corrected chi connectivity index (χ1v) is 7.04. The molecule has 0 atom stereocenters. The third-order valence-corrected chi connectivity index (χ3v) is 4.03. The number of nitrogens with one attached hydrogen (secondary N) is 1. The highest BCUT2D eigenvalue weighted by atomic mass is 19.2. The van der Waals surface area contributed by atoms with E-state index in [0.717, 1.165) is 18.9 Å². The largest absolute Gasteiger partial charge is 0.481 e. The normalized spacial score (nSPS) is 22.2. The van der Waals surface area contributed by atoms with Gasteiger partial charge in [-0.3, -0.25) is 4.79 Å². The molecular formula is C15H18F3NO2.